The van der Waals surface area contributed by atoms with Crippen LogP contribution in [0.4, 0.5) is 0 Å². The third kappa shape index (κ3) is 4.88. The van der Waals surface area contributed by atoms with E-state index >= 15 is 0 Å². The topological polar surface area (TPSA) is 66.5 Å². The van der Waals surface area contributed by atoms with Crippen LogP contribution in [0, 0.1) is 5.92 Å². The minimum atomic E-state index is -3.23. The van der Waals surface area contributed by atoms with E-state index in [4.69, 9.17) is 11.6 Å². The molecule has 0 radical (unpaired) electrons. The molecule has 1 saturated heterocycles. The first-order valence-electron chi connectivity index (χ1n) is 10.4. The van der Waals surface area contributed by atoms with Crippen LogP contribution < -0.4 is 4.72 Å². The molecule has 3 atom stereocenters. The van der Waals surface area contributed by atoms with Gasteiger partial charge in [0.2, 0.25) is 15.9 Å². The highest BCUT2D eigenvalue weighted by Gasteiger charge is 2.46. The summed E-state index contributed by atoms with van der Waals surface area (Å²) in [6.07, 6.45) is 4.27. The first-order chi connectivity index (χ1) is 14.3. The summed E-state index contributed by atoms with van der Waals surface area (Å²) in [5, 5.41) is 0.713. The summed E-state index contributed by atoms with van der Waals surface area (Å²) in [6, 6.07) is 15.9. The van der Waals surface area contributed by atoms with Gasteiger partial charge in [-0.2, -0.15) is 0 Å². The summed E-state index contributed by atoms with van der Waals surface area (Å²) < 4.78 is 25.7. The number of likely N-dealkylation sites (tertiary alicyclic amines) is 1. The normalized spacial score (nSPS) is 24.3. The van der Waals surface area contributed by atoms with Crippen molar-refractivity contribution in [2.24, 2.45) is 5.92 Å². The molecule has 2 aromatic carbocycles. The number of carbonyl (C=O) groups excluding carboxylic acids is 1. The quantitative estimate of drug-likeness (QED) is 0.753. The molecule has 1 aliphatic carbocycles. The van der Waals surface area contributed by atoms with Crippen molar-refractivity contribution < 1.29 is 13.2 Å². The summed E-state index contributed by atoms with van der Waals surface area (Å²) in [4.78, 5) is 15.1. The van der Waals surface area contributed by atoms with E-state index in [0.29, 0.717) is 24.5 Å². The van der Waals surface area contributed by atoms with Crippen molar-refractivity contribution >= 4 is 27.5 Å². The summed E-state index contributed by atoms with van der Waals surface area (Å²) in [7, 11) is -3.23. The zero-order valence-corrected chi connectivity index (χ0v) is 18.6. The summed E-state index contributed by atoms with van der Waals surface area (Å²) >= 11 is 6.43. The van der Waals surface area contributed by atoms with Gasteiger partial charge in [-0.3, -0.25) is 4.79 Å². The van der Waals surface area contributed by atoms with E-state index in [-0.39, 0.29) is 23.8 Å². The second-order valence-corrected chi connectivity index (χ2v) is 10.5. The van der Waals surface area contributed by atoms with Crippen LogP contribution in [0.15, 0.2) is 48.5 Å². The van der Waals surface area contributed by atoms with Gasteiger partial charge in [-0.15, -0.1) is 0 Å². The van der Waals surface area contributed by atoms with Gasteiger partial charge in [0.1, 0.15) is 0 Å². The van der Waals surface area contributed by atoms with E-state index in [0.717, 1.165) is 30.4 Å². The molecule has 5 nitrogen and oxygen atoms in total. The fraction of sp³-hybridized carbons (Fsp3) is 0.435. The lowest BCUT2D eigenvalue weighted by molar-refractivity contribution is -0.132. The SMILES string of the molecule is CS(=O)(=O)N[C@@H]1CCCN(C(=O)[C@@H]2C[C@H]2c2ccccc2-c2ccccc2Cl)CC1. The minimum Gasteiger partial charge on any atom is -0.342 e. The van der Waals surface area contributed by atoms with E-state index in [1.165, 1.54) is 11.8 Å². The second kappa shape index (κ2) is 8.69. The predicted molar refractivity (Wildman–Crippen MR) is 120 cm³/mol. The van der Waals surface area contributed by atoms with Gasteiger partial charge >= 0.3 is 0 Å². The van der Waals surface area contributed by atoms with Gasteiger partial charge in [-0.25, -0.2) is 13.1 Å². The van der Waals surface area contributed by atoms with Crippen molar-refractivity contribution in [3.8, 4) is 11.1 Å². The van der Waals surface area contributed by atoms with E-state index in [9.17, 15) is 13.2 Å². The third-order valence-corrected chi connectivity index (χ3v) is 7.14. The number of hydrogen-bond donors (Lipinski definition) is 1. The number of amides is 1. The lowest BCUT2D eigenvalue weighted by Gasteiger charge is -2.21. The van der Waals surface area contributed by atoms with Gasteiger partial charge in [0.05, 0.1) is 6.26 Å². The average molecular weight is 447 g/mol. The van der Waals surface area contributed by atoms with E-state index < -0.39 is 10.0 Å². The molecular formula is C23H27ClN2O3S. The fourth-order valence-corrected chi connectivity index (χ4v) is 5.61. The van der Waals surface area contributed by atoms with Crippen LogP contribution >= 0.6 is 11.6 Å². The Morgan fingerprint density at radius 3 is 2.47 bits per heavy atom. The second-order valence-electron chi connectivity index (χ2n) is 8.36. The number of hydrogen-bond acceptors (Lipinski definition) is 3. The number of nitrogens with one attached hydrogen (secondary N) is 1. The molecule has 0 unspecified atom stereocenters. The van der Waals surface area contributed by atoms with Crippen molar-refractivity contribution in [1.82, 2.24) is 9.62 Å². The van der Waals surface area contributed by atoms with Crippen LogP contribution in [-0.4, -0.2) is 44.6 Å². The molecule has 30 heavy (non-hydrogen) atoms. The summed E-state index contributed by atoms with van der Waals surface area (Å²) in [5.74, 6) is 0.389. The molecule has 0 spiro atoms. The number of nitrogens with zero attached hydrogens (tertiary/aromatic N) is 1. The van der Waals surface area contributed by atoms with Gasteiger partial charge in [0.25, 0.3) is 0 Å². The van der Waals surface area contributed by atoms with E-state index in [1.807, 2.05) is 41.3 Å². The monoisotopic (exact) mass is 446 g/mol. The highest BCUT2D eigenvalue weighted by molar-refractivity contribution is 7.88. The molecule has 1 N–H and O–H groups in total. The molecule has 2 fully saturated rings. The molecule has 2 aliphatic rings. The Morgan fingerprint density at radius 2 is 1.73 bits per heavy atom. The third-order valence-electron chi connectivity index (χ3n) is 6.05. The molecule has 1 amide bonds. The molecule has 0 bridgehead atoms. The number of benzene rings is 2. The number of sulfonamides is 1. The van der Waals surface area contributed by atoms with Crippen LogP contribution in [0.2, 0.25) is 5.02 Å². The van der Waals surface area contributed by atoms with Crippen LogP contribution in [0.3, 0.4) is 0 Å². The number of carbonyl (C=O) groups is 1. The molecule has 1 saturated carbocycles. The molecule has 1 aliphatic heterocycles. The Morgan fingerprint density at radius 1 is 1.03 bits per heavy atom. The van der Waals surface area contributed by atoms with Gasteiger partial charge in [-0.1, -0.05) is 54.1 Å². The average Bonchev–Trinajstić information content (AvgIpc) is 3.51. The predicted octanol–water partition coefficient (Wildman–Crippen LogP) is 4.04. The number of halogens is 1. The highest BCUT2D eigenvalue weighted by atomic mass is 35.5. The van der Waals surface area contributed by atoms with Crippen molar-refractivity contribution in [1.29, 1.82) is 0 Å². The Labute approximate surface area is 183 Å². The zero-order valence-electron chi connectivity index (χ0n) is 17.1. The zero-order chi connectivity index (χ0) is 21.3. The minimum absolute atomic E-state index is 0.00643. The van der Waals surface area contributed by atoms with Crippen molar-refractivity contribution in [3.63, 3.8) is 0 Å². The maximum Gasteiger partial charge on any atom is 0.226 e. The summed E-state index contributed by atoms with van der Waals surface area (Å²) in [5.41, 5.74) is 3.27. The van der Waals surface area contributed by atoms with Gasteiger partial charge in [0.15, 0.2) is 0 Å². The smallest absolute Gasteiger partial charge is 0.226 e. The fourth-order valence-electron chi connectivity index (χ4n) is 4.53. The first kappa shape index (κ1) is 21.3. The molecule has 0 aromatic heterocycles. The van der Waals surface area contributed by atoms with E-state index in [1.54, 1.807) is 0 Å². The van der Waals surface area contributed by atoms with Crippen molar-refractivity contribution in [2.45, 2.75) is 37.6 Å². The molecule has 160 valence electrons. The van der Waals surface area contributed by atoms with Crippen LogP contribution in [-0.2, 0) is 14.8 Å². The first-order valence-corrected chi connectivity index (χ1v) is 12.7. The van der Waals surface area contributed by atoms with Crippen LogP contribution in [0.5, 0.6) is 0 Å². The number of rotatable bonds is 5. The van der Waals surface area contributed by atoms with Gasteiger partial charge < -0.3 is 4.90 Å². The lowest BCUT2D eigenvalue weighted by atomic mass is 9.96. The molecule has 1 heterocycles. The Hall–Kier alpha value is -1.89. The lowest BCUT2D eigenvalue weighted by Crippen LogP contribution is -2.36. The molecule has 4 rings (SSSR count). The van der Waals surface area contributed by atoms with Gasteiger partial charge in [0, 0.05) is 35.6 Å². The van der Waals surface area contributed by atoms with Crippen LogP contribution in [0.1, 0.15) is 37.2 Å². The standard InChI is InChI=1S/C23H27ClN2O3S/c1-30(28,29)25-16-7-6-13-26(14-12-16)23(27)21-15-20(21)18-9-3-2-8-17(18)19-10-4-5-11-22(19)24/h2-5,8-11,16,20-21,25H,6-7,12-15H2,1H3/t16-,20+,21-/m1/s1. The maximum atomic E-state index is 13.2. The Balaban J connectivity index is 1.45. The Kier molecular flexibility index (Phi) is 6.19. The van der Waals surface area contributed by atoms with E-state index in [2.05, 4.69) is 16.9 Å². The molecule has 2 aromatic rings. The summed E-state index contributed by atoms with van der Waals surface area (Å²) in [6.45, 7) is 1.29. The van der Waals surface area contributed by atoms with Crippen molar-refractivity contribution in [3.05, 3.63) is 59.1 Å². The van der Waals surface area contributed by atoms with Gasteiger partial charge in [-0.05, 0) is 48.8 Å². The largest absolute Gasteiger partial charge is 0.342 e. The van der Waals surface area contributed by atoms with Crippen molar-refractivity contribution in [2.75, 3.05) is 19.3 Å². The van der Waals surface area contributed by atoms with Crippen LogP contribution in [0.25, 0.3) is 11.1 Å². The molecular weight excluding hydrogens is 420 g/mol. The molecule has 7 heteroatoms. The maximum absolute atomic E-state index is 13.2. The highest BCUT2D eigenvalue weighted by Crippen LogP contribution is 2.51. The Bertz CT molecular complexity index is 1040.